The maximum absolute atomic E-state index is 6.17. The molecule has 1 aromatic carbocycles. The molecule has 1 N–H and O–H groups in total. The van der Waals surface area contributed by atoms with Gasteiger partial charge in [-0.1, -0.05) is 48.9 Å². The molecular formula is C15H17BrClNS. The van der Waals surface area contributed by atoms with E-state index in [1.165, 1.54) is 10.4 Å². The zero-order valence-corrected chi connectivity index (χ0v) is 14.1. The molecule has 0 saturated carbocycles. The smallest absolute Gasteiger partial charge is 0.107 e. The van der Waals surface area contributed by atoms with Crippen LogP contribution >= 0.6 is 38.9 Å². The summed E-state index contributed by atoms with van der Waals surface area (Å²) in [5.74, 6) is 0.452. The van der Waals surface area contributed by atoms with Gasteiger partial charge in [-0.2, -0.15) is 0 Å². The van der Waals surface area contributed by atoms with E-state index in [1.54, 1.807) is 11.3 Å². The summed E-state index contributed by atoms with van der Waals surface area (Å²) >= 11 is 11.3. The van der Waals surface area contributed by atoms with Gasteiger partial charge in [0.05, 0.1) is 0 Å². The monoisotopic (exact) mass is 357 g/mol. The van der Waals surface area contributed by atoms with Crippen LogP contribution in [0.5, 0.6) is 0 Å². The van der Waals surface area contributed by atoms with E-state index in [-0.39, 0.29) is 0 Å². The third-order valence-corrected chi connectivity index (χ3v) is 5.91. The highest BCUT2D eigenvalue weighted by Gasteiger charge is 2.24. The van der Waals surface area contributed by atoms with Crippen molar-refractivity contribution in [1.82, 2.24) is 5.32 Å². The van der Waals surface area contributed by atoms with Crippen LogP contribution in [-0.2, 0) is 0 Å². The Morgan fingerprint density at radius 3 is 2.47 bits per heavy atom. The van der Waals surface area contributed by atoms with E-state index in [9.17, 15) is 0 Å². The summed E-state index contributed by atoms with van der Waals surface area (Å²) in [5.41, 5.74) is 1.37. The van der Waals surface area contributed by atoms with E-state index in [0.717, 1.165) is 15.2 Å². The van der Waals surface area contributed by atoms with Crippen LogP contribution in [0.1, 0.15) is 35.7 Å². The first-order valence-electron chi connectivity index (χ1n) is 6.34. The molecule has 0 fully saturated rings. The molecule has 1 heterocycles. The lowest BCUT2D eigenvalue weighted by molar-refractivity contribution is 0.474. The molecule has 19 heavy (non-hydrogen) atoms. The van der Waals surface area contributed by atoms with Gasteiger partial charge in [0.1, 0.15) is 4.34 Å². The molecule has 0 aliphatic heterocycles. The van der Waals surface area contributed by atoms with Crippen molar-refractivity contribution in [2.45, 2.75) is 25.3 Å². The van der Waals surface area contributed by atoms with Crippen LogP contribution in [0.2, 0.25) is 4.34 Å². The molecule has 0 amide bonds. The Morgan fingerprint density at radius 1 is 1.32 bits per heavy atom. The third-order valence-electron chi connectivity index (χ3n) is 3.35. The van der Waals surface area contributed by atoms with Gasteiger partial charge in [0, 0.05) is 21.3 Å². The van der Waals surface area contributed by atoms with Crippen molar-refractivity contribution >= 4 is 38.9 Å². The van der Waals surface area contributed by atoms with Crippen LogP contribution in [0.15, 0.2) is 40.9 Å². The topological polar surface area (TPSA) is 12.0 Å². The first kappa shape index (κ1) is 15.0. The predicted molar refractivity (Wildman–Crippen MR) is 88.3 cm³/mol. The SMILES string of the molecule is CCC(c1ccccc1)C(NC)c1cc(Br)c(Cl)s1. The van der Waals surface area contributed by atoms with Gasteiger partial charge >= 0.3 is 0 Å². The van der Waals surface area contributed by atoms with Gasteiger partial charge in [-0.15, -0.1) is 11.3 Å². The molecule has 0 spiro atoms. The Labute approximate surface area is 132 Å². The van der Waals surface area contributed by atoms with Crippen molar-refractivity contribution in [1.29, 1.82) is 0 Å². The van der Waals surface area contributed by atoms with Crippen LogP contribution in [0.25, 0.3) is 0 Å². The fourth-order valence-corrected chi connectivity index (χ4v) is 4.33. The molecule has 1 nitrogen and oxygen atoms in total. The van der Waals surface area contributed by atoms with E-state index in [0.29, 0.717) is 12.0 Å². The second-order valence-corrected chi connectivity index (χ2v) is 7.00. The summed E-state index contributed by atoms with van der Waals surface area (Å²) in [6.45, 7) is 2.23. The number of likely N-dealkylation sites (N-methyl/N-ethyl adjacent to an activating group) is 1. The van der Waals surface area contributed by atoms with Gasteiger partial charge in [-0.3, -0.25) is 0 Å². The van der Waals surface area contributed by atoms with Crippen molar-refractivity contribution in [3.05, 3.63) is 55.6 Å². The fraction of sp³-hybridized carbons (Fsp3) is 0.333. The Balaban J connectivity index is 2.34. The summed E-state index contributed by atoms with van der Waals surface area (Å²) in [4.78, 5) is 1.27. The number of halogens is 2. The highest BCUT2D eigenvalue weighted by atomic mass is 79.9. The van der Waals surface area contributed by atoms with Crippen molar-refractivity contribution < 1.29 is 0 Å². The average molecular weight is 359 g/mol. The number of thiophene rings is 1. The fourth-order valence-electron chi connectivity index (χ4n) is 2.42. The third kappa shape index (κ3) is 3.40. The zero-order chi connectivity index (χ0) is 13.8. The largest absolute Gasteiger partial charge is 0.312 e. The molecule has 0 aliphatic carbocycles. The van der Waals surface area contributed by atoms with E-state index >= 15 is 0 Å². The number of nitrogens with one attached hydrogen (secondary N) is 1. The van der Waals surface area contributed by atoms with Crippen LogP contribution in [0.4, 0.5) is 0 Å². The van der Waals surface area contributed by atoms with Crippen LogP contribution in [0, 0.1) is 0 Å². The molecule has 2 rings (SSSR count). The van der Waals surface area contributed by atoms with Crippen molar-refractivity contribution in [2.75, 3.05) is 7.05 Å². The Bertz CT molecular complexity index is 507. The lowest BCUT2D eigenvalue weighted by atomic mass is 9.88. The molecule has 0 radical (unpaired) electrons. The minimum Gasteiger partial charge on any atom is -0.312 e. The predicted octanol–water partition coefficient (Wildman–Crippen LogP) is 5.62. The Morgan fingerprint density at radius 2 is 2.00 bits per heavy atom. The summed E-state index contributed by atoms with van der Waals surface area (Å²) in [6.07, 6.45) is 1.09. The average Bonchev–Trinajstić information content (AvgIpc) is 2.76. The quantitative estimate of drug-likeness (QED) is 0.731. The minimum absolute atomic E-state index is 0.293. The first-order valence-corrected chi connectivity index (χ1v) is 8.33. The van der Waals surface area contributed by atoms with Crippen molar-refractivity contribution in [3.8, 4) is 0 Å². The maximum atomic E-state index is 6.17. The van der Waals surface area contributed by atoms with Gasteiger partial charge < -0.3 is 5.32 Å². The standard InChI is InChI=1S/C15H17BrClNS/c1-3-11(10-7-5-4-6-8-10)14(18-2)13-9-12(16)15(17)19-13/h4-9,11,14,18H,3H2,1-2H3. The maximum Gasteiger partial charge on any atom is 0.107 e. The van der Waals surface area contributed by atoms with E-state index in [4.69, 9.17) is 11.6 Å². The van der Waals surface area contributed by atoms with Gasteiger partial charge in [-0.25, -0.2) is 0 Å². The molecule has 1 aromatic heterocycles. The highest BCUT2D eigenvalue weighted by molar-refractivity contribution is 9.10. The van der Waals surface area contributed by atoms with Gasteiger partial charge in [0.25, 0.3) is 0 Å². The molecule has 102 valence electrons. The zero-order valence-electron chi connectivity index (χ0n) is 11.0. The molecule has 2 unspecified atom stereocenters. The van der Waals surface area contributed by atoms with E-state index in [1.807, 2.05) is 7.05 Å². The highest BCUT2D eigenvalue weighted by Crippen LogP contribution is 2.41. The summed E-state index contributed by atoms with van der Waals surface area (Å²) < 4.78 is 1.80. The van der Waals surface area contributed by atoms with E-state index in [2.05, 4.69) is 64.6 Å². The van der Waals surface area contributed by atoms with Crippen molar-refractivity contribution in [3.63, 3.8) is 0 Å². The first-order chi connectivity index (χ1) is 9.17. The molecule has 0 saturated heterocycles. The molecular weight excluding hydrogens is 342 g/mol. The number of rotatable bonds is 5. The van der Waals surface area contributed by atoms with Gasteiger partial charge in [0.2, 0.25) is 0 Å². The van der Waals surface area contributed by atoms with Crippen LogP contribution < -0.4 is 5.32 Å². The Hall–Kier alpha value is -0.350. The van der Waals surface area contributed by atoms with E-state index < -0.39 is 0 Å². The van der Waals surface area contributed by atoms with Crippen LogP contribution in [-0.4, -0.2) is 7.05 Å². The second-order valence-electron chi connectivity index (χ2n) is 4.46. The minimum atomic E-state index is 0.293. The number of hydrogen-bond donors (Lipinski definition) is 1. The number of hydrogen-bond acceptors (Lipinski definition) is 2. The van der Waals surface area contributed by atoms with Gasteiger partial charge in [-0.05, 0) is 41.0 Å². The van der Waals surface area contributed by atoms with Crippen LogP contribution in [0.3, 0.4) is 0 Å². The lowest BCUT2D eigenvalue weighted by Gasteiger charge is -2.25. The summed E-state index contributed by atoms with van der Waals surface area (Å²) in [7, 11) is 2.01. The summed E-state index contributed by atoms with van der Waals surface area (Å²) in [6, 6.07) is 13.1. The molecule has 2 atom stereocenters. The molecule has 0 aliphatic rings. The lowest BCUT2D eigenvalue weighted by Crippen LogP contribution is -2.22. The second kappa shape index (κ2) is 6.89. The van der Waals surface area contributed by atoms with Gasteiger partial charge in [0.15, 0.2) is 0 Å². The summed E-state index contributed by atoms with van der Waals surface area (Å²) in [5, 5.41) is 3.44. The normalized spacial score (nSPS) is 14.3. The number of benzene rings is 1. The van der Waals surface area contributed by atoms with Crippen molar-refractivity contribution in [2.24, 2.45) is 0 Å². The molecule has 0 bridgehead atoms. The molecule has 2 aromatic rings. The Kier molecular flexibility index (Phi) is 5.46. The molecule has 4 heteroatoms.